The van der Waals surface area contributed by atoms with Crippen molar-refractivity contribution in [2.45, 2.75) is 13.1 Å². The number of halogens is 2. The van der Waals surface area contributed by atoms with Crippen LogP contribution < -0.4 is 20.9 Å². The lowest BCUT2D eigenvalue weighted by atomic mass is 10.1. The summed E-state index contributed by atoms with van der Waals surface area (Å²) in [5, 5.41) is 19.9. The zero-order chi connectivity index (χ0) is 36.0. The van der Waals surface area contributed by atoms with E-state index < -0.39 is 46.5 Å². The highest BCUT2D eigenvalue weighted by molar-refractivity contribution is 6.04. The number of aromatic nitrogens is 4. The number of amides is 2. The maximum absolute atomic E-state index is 15.6. The van der Waals surface area contributed by atoms with Crippen molar-refractivity contribution in [2.24, 2.45) is 11.5 Å². The molecular weight excluding hydrogens is 658 g/mol. The highest BCUT2D eigenvalue weighted by atomic mass is 19.1. The number of carboxylic acid groups (broad SMARTS) is 2. The number of carboxylic acids is 2. The summed E-state index contributed by atoms with van der Waals surface area (Å²) >= 11 is 0. The maximum Gasteiger partial charge on any atom is 0.336 e. The standard InChI is InChI=1S/C34H26F2N6O8/c1-49-27-17(29(37)43)9-11-21-25(27)39-31(23-15(33(45)46)5-3-7-19(23)35)41(21)13-14-42-22-12-10-18(30(38)44)28(50-2)26(22)40-32(42)24-16(34(47)48)6-4-8-20(24)36/h3-12H,13-14H2,1-2H3,(H2,37,43)(H2,38,44)(H,45,46)(H,47,48). The number of benzene rings is 4. The van der Waals surface area contributed by atoms with E-state index in [4.69, 9.17) is 20.9 Å². The zero-order valence-electron chi connectivity index (χ0n) is 26.2. The summed E-state index contributed by atoms with van der Waals surface area (Å²) < 4.78 is 45.0. The second-order valence-corrected chi connectivity index (χ2v) is 10.9. The number of hydrogen-bond donors (Lipinski definition) is 4. The first kappa shape index (κ1) is 33.1. The van der Waals surface area contributed by atoms with Gasteiger partial charge < -0.3 is 40.3 Å². The molecule has 254 valence electrons. The van der Waals surface area contributed by atoms with Crippen molar-refractivity contribution in [2.75, 3.05) is 14.2 Å². The summed E-state index contributed by atoms with van der Waals surface area (Å²) in [5.41, 5.74) is 10.1. The van der Waals surface area contributed by atoms with Gasteiger partial charge in [0, 0.05) is 13.1 Å². The number of primary amides is 2. The lowest BCUT2D eigenvalue weighted by Crippen LogP contribution is -2.14. The molecule has 2 amide bonds. The molecule has 0 aliphatic heterocycles. The molecular formula is C34H26F2N6O8. The van der Waals surface area contributed by atoms with E-state index in [1.165, 1.54) is 71.9 Å². The number of hydrogen-bond acceptors (Lipinski definition) is 8. The van der Waals surface area contributed by atoms with E-state index in [2.05, 4.69) is 9.97 Å². The summed E-state index contributed by atoms with van der Waals surface area (Å²) in [7, 11) is 2.55. The molecule has 2 heterocycles. The Hall–Kier alpha value is -6.84. The molecule has 0 fully saturated rings. The van der Waals surface area contributed by atoms with Gasteiger partial charge in [-0.3, -0.25) is 9.59 Å². The molecule has 0 spiro atoms. The first-order valence-corrected chi connectivity index (χ1v) is 14.7. The number of aryl methyl sites for hydroxylation is 2. The van der Waals surface area contributed by atoms with Crippen LogP contribution in [0.15, 0.2) is 60.7 Å². The first-order chi connectivity index (χ1) is 23.9. The van der Waals surface area contributed by atoms with Crippen molar-refractivity contribution in [1.82, 2.24) is 19.1 Å². The molecule has 6 aromatic rings. The third-order valence-corrected chi connectivity index (χ3v) is 8.17. The SMILES string of the molecule is COc1c(C(N)=O)ccc2c1nc(-c1c(F)cccc1C(=O)O)n2CCn1c(-c2c(F)cccc2C(=O)O)nc2c(OC)c(C(N)=O)ccc21. The highest BCUT2D eigenvalue weighted by Gasteiger charge is 2.28. The zero-order valence-corrected chi connectivity index (χ0v) is 26.2. The predicted molar refractivity (Wildman–Crippen MR) is 174 cm³/mol. The van der Waals surface area contributed by atoms with Gasteiger partial charge in [0.1, 0.15) is 34.3 Å². The van der Waals surface area contributed by atoms with Gasteiger partial charge in [0.25, 0.3) is 11.8 Å². The van der Waals surface area contributed by atoms with Crippen molar-refractivity contribution in [3.05, 3.63) is 94.6 Å². The smallest absolute Gasteiger partial charge is 0.336 e. The Morgan fingerprint density at radius 1 is 0.640 bits per heavy atom. The molecule has 0 atom stereocenters. The third kappa shape index (κ3) is 5.28. The average molecular weight is 685 g/mol. The van der Waals surface area contributed by atoms with E-state index >= 15 is 8.78 Å². The van der Waals surface area contributed by atoms with Crippen LogP contribution in [0, 0.1) is 11.6 Å². The van der Waals surface area contributed by atoms with Gasteiger partial charge >= 0.3 is 11.9 Å². The highest BCUT2D eigenvalue weighted by Crippen LogP contribution is 2.38. The quantitative estimate of drug-likeness (QED) is 0.152. The van der Waals surface area contributed by atoms with E-state index in [1.807, 2.05) is 0 Å². The Labute approximate surface area is 280 Å². The molecule has 6 N–H and O–H groups in total. The molecule has 14 nitrogen and oxygen atoms in total. The van der Waals surface area contributed by atoms with Crippen LogP contribution in [-0.2, 0) is 13.1 Å². The fourth-order valence-electron chi connectivity index (χ4n) is 6.03. The Kier molecular flexibility index (Phi) is 8.36. The number of nitrogens with zero attached hydrogens (tertiary/aromatic N) is 4. The van der Waals surface area contributed by atoms with E-state index in [0.29, 0.717) is 0 Å². The van der Waals surface area contributed by atoms with Crippen LogP contribution in [0.25, 0.3) is 44.8 Å². The average Bonchev–Trinajstić information content (AvgIpc) is 3.63. The lowest BCUT2D eigenvalue weighted by molar-refractivity contribution is 0.0686. The minimum absolute atomic E-state index is 0.0378. The van der Waals surface area contributed by atoms with Gasteiger partial charge in [-0.05, 0) is 48.5 Å². The molecule has 0 saturated carbocycles. The molecule has 0 bridgehead atoms. The minimum Gasteiger partial charge on any atom is -0.494 e. The number of fused-ring (bicyclic) bond motifs is 2. The normalized spacial score (nSPS) is 11.2. The van der Waals surface area contributed by atoms with Gasteiger partial charge in [-0.15, -0.1) is 0 Å². The van der Waals surface area contributed by atoms with Gasteiger partial charge in [0.05, 0.1) is 58.6 Å². The molecule has 0 saturated heterocycles. The molecule has 50 heavy (non-hydrogen) atoms. The molecule has 4 aromatic carbocycles. The number of methoxy groups -OCH3 is 2. The maximum atomic E-state index is 15.6. The fourth-order valence-corrected chi connectivity index (χ4v) is 6.03. The Morgan fingerprint density at radius 3 is 1.34 bits per heavy atom. The summed E-state index contributed by atoms with van der Waals surface area (Å²) in [6.07, 6.45) is 0. The van der Waals surface area contributed by atoms with E-state index in [1.54, 1.807) is 0 Å². The van der Waals surface area contributed by atoms with Crippen LogP contribution in [0.3, 0.4) is 0 Å². The second kappa shape index (κ2) is 12.6. The number of imidazole rings is 2. The lowest BCUT2D eigenvalue weighted by Gasteiger charge is -2.16. The summed E-state index contributed by atoms with van der Waals surface area (Å²) in [5.74, 6) is -6.79. The minimum atomic E-state index is -1.44. The molecule has 2 aromatic heterocycles. The van der Waals surface area contributed by atoms with Gasteiger partial charge in [-0.25, -0.2) is 28.3 Å². The summed E-state index contributed by atoms with van der Waals surface area (Å²) in [4.78, 5) is 58.1. The first-order valence-electron chi connectivity index (χ1n) is 14.7. The van der Waals surface area contributed by atoms with E-state index in [-0.39, 0.29) is 80.6 Å². The summed E-state index contributed by atoms with van der Waals surface area (Å²) in [6.45, 7) is -0.291. The van der Waals surface area contributed by atoms with Crippen molar-refractivity contribution in [3.63, 3.8) is 0 Å². The number of aromatic carboxylic acids is 2. The topological polar surface area (TPSA) is 215 Å². The van der Waals surface area contributed by atoms with E-state index in [0.717, 1.165) is 12.1 Å². The van der Waals surface area contributed by atoms with Crippen LogP contribution in [0.5, 0.6) is 11.5 Å². The second-order valence-electron chi connectivity index (χ2n) is 10.9. The molecule has 6 rings (SSSR count). The van der Waals surface area contributed by atoms with Crippen molar-refractivity contribution in [1.29, 1.82) is 0 Å². The van der Waals surface area contributed by atoms with Crippen molar-refractivity contribution >= 4 is 45.8 Å². The molecule has 0 radical (unpaired) electrons. The molecule has 0 aliphatic rings. The Morgan fingerprint density at radius 2 is 1.02 bits per heavy atom. The van der Waals surface area contributed by atoms with Crippen molar-refractivity contribution in [3.8, 4) is 34.3 Å². The van der Waals surface area contributed by atoms with Crippen LogP contribution >= 0.6 is 0 Å². The fraction of sp³-hybridized carbons (Fsp3) is 0.118. The number of carbonyl (C=O) groups excluding carboxylic acids is 2. The molecule has 0 unspecified atom stereocenters. The van der Waals surface area contributed by atoms with Crippen LogP contribution in [0.1, 0.15) is 41.4 Å². The van der Waals surface area contributed by atoms with Gasteiger partial charge in [0.2, 0.25) is 0 Å². The van der Waals surface area contributed by atoms with Crippen LogP contribution in [0.2, 0.25) is 0 Å². The number of rotatable bonds is 11. The predicted octanol–water partition coefficient (Wildman–Crippen LogP) is 4.31. The third-order valence-electron chi connectivity index (χ3n) is 8.17. The van der Waals surface area contributed by atoms with Gasteiger partial charge in [-0.1, -0.05) is 12.1 Å². The Balaban J connectivity index is 1.65. The number of ether oxygens (including phenoxy) is 2. The monoisotopic (exact) mass is 684 g/mol. The van der Waals surface area contributed by atoms with Gasteiger partial charge in [0.15, 0.2) is 11.5 Å². The molecule has 16 heteroatoms. The summed E-state index contributed by atoms with van der Waals surface area (Å²) in [6, 6.07) is 12.7. The van der Waals surface area contributed by atoms with Crippen LogP contribution in [-0.4, -0.2) is 67.3 Å². The molecule has 0 aliphatic carbocycles. The Bertz CT molecular complexity index is 2250. The van der Waals surface area contributed by atoms with Gasteiger partial charge in [-0.2, -0.15) is 0 Å². The number of carbonyl (C=O) groups is 4. The van der Waals surface area contributed by atoms with Crippen molar-refractivity contribution < 1.29 is 47.6 Å². The van der Waals surface area contributed by atoms with E-state index in [9.17, 15) is 29.4 Å². The number of nitrogens with two attached hydrogens (primary N) is 2. The largest absolute Gasteiger partial charge is 0.494 e. The van der Waals surface area contributed by atoms with Crippen LogP contribution in [0.4, 0.5) is 8.78 Å².